The third-order valence-electron chi connectivity index (χ3n) is 7.47. The number of thiophene rings is 2. The summed E-state index contributed by atoms with van der Waals surface area (Å²) < 4.78 is 5.33. The van der Waals surface area contributed by atoms with E-state index in [4.69, 9.17) is 0 Å². The zero-order chi connectivity index (χ0) is 25.8. The van der Waals surface area contributed by atoms with E-state index >= 15 is 0 Å². The quantitative estimate of drug-likeness (QED) is 0.217. The first-order valence-corrected chi connectivity index (χ1v) is 14.7. The molecular weight excluding hydrogens is 511 g/mol. The monoisotopic (exact) mass is 533 g/mol. The second-order valence-electron chi connectivity index (χ2n) is 9.78. The molecule has 8 rings (SSSR count). The van der Waals surface area contributed by atoms with Crippen LogP contribution in [0.15, 0.2) is 140 Å². The van der Waals surface area contributed by atoms with E-state index in [-0.39, 0.29) is 0 Å². The molecule has 184 valence electrons. The Morgan fingerprint density at radius 1 is 0.385 bits per heavy atom. The van der Waals surface area contributed by atoms with Crippen LogP contribution >= 0.6 is 22.7 Å². The van der Waals surface area contributed by atoms with Crippen LogP contribution in [-0.4, -0.2) is 0 Å². The van der Waals surface area contributed by atoms with Gasteiger partial charge in [0.2, 0.25) is 0 Å². The second kappa shape index (κ2) is 9.09. The number of fused-ring (bicyclic) bond motifs is 6. The lowest BCUT2D eigenvalue weighted by Crippen LogP contribution is -2.09. The van der Waals surface area contributed by atoms with E-state index in [1.165, 1.54) is 51.5 Å². The Kier molecular flexibility index (Phi) is 5.25. The Morgan fingerprint density at radius 3 is 1.77 bits per heavy atom. The zero-order valence-electron chi connectivity index (χ0n) is 21.0. The van der Waals surface area contributed by atoms with Crippen molar-refractivity contribution in [3.63, 3.8) is 0 Å². The molecule has 6 aromatic carbocycles. The largest absolute Gasteiger partial charge is 0.310 e. The standard InChI is InChI=1S/C36H23NS2/c1-2-9-25(10-3-1)37(27-21-22-35-32(23-27)30-12-5-6-15-33(30)38-35)26-19-17-24(18-20-26)28-13-8-14-31-29-11-4-7-16-34(29)39-36(28)31/h1-23H. The highest BCUT2D eigenvalue weighted by atomic mass is 32.1. The zero-order valence-corrected chi connectivity index (χ0v) is 22.7. The van der Waals surface area contributed by atoms with E-state index in [0.29, 0.717) is 0 Å². The van der Waals surface area contributed by atoms with Gasteiger partial charge in [-0.05, 0) is 65.7 Å². The van der Waals surface area contributed by atoms with Crippen molar-refractivity contribution in [2.45, 2.75) is 0 Å². The van der Waals surface area contributed by atoms with Gasteiger partial charge in [-0.25, -0.2) is 0 Å². The van der Waals surface area contributed by atoms with Crippen LogP contribution in [0.1, 0.15) is 0 Å². The molecule has 3 heteroatoms. The molecule has 0 N–H and O–H groups in total. The van der Waals surface area contributed by atoms with Crippen molar-refractivity contribution in [3.8, 4) is 11.1 Å². The van der Waals surface area contributed by atoms with Gasteiger partial charge in [0.25, 0.3) is 0 Å². The predicted molar refractivity (Wildman–Crippen MR) is 172 cm³/mol. The first-order valence-electron chi connectivity index (χ1n) is 13.1. The molecule has 0 saturated heterocycles. The molecule has 1 nitrogen and oxygen atoms in total. The van der Waals surface area contributed by atoms with Gasteiger partial charge in [0.1, 0.15) is 0 Å². The summed E-state index contributed by atoms with van der Waals surface area (Å²) in [5.41, 5.74) is 5.99. The Hall–Kier alpha value is -4.44. The topological polar surface area (TPSA) is 3.24 Å². The predicted octanol–water partition coefficient (Wildman–Crippen LogP) is 11.6. The van der Waals surface area contributed by atoms with Gasteiger partial charge >= 0.3 is 0 Å². The smallest absolute Gasteiger partial charge is 0.0468 e. The molecule has 2 aromatic heterocycles. The van der Waals surface area contributed by atoms with Gasteiger partial charge in [-0.2, -0.15) is 0 Å². The molecular formula is C36H23NS2. The van der Waals surface area contributed by atoms with Crippen molar-refractivity contribution >= 4 is 80.1 Å². The number of benzene rings is 6. The van der Waals surface area contributed by atoms with Crippen LogP contribution in [-0.2, 0) is 0 Å². The van der Waals surface area contributed by atoms with Gasteiger partial charge in [-0.1, -0.05) is 84.9 Å². The SMILES string of the molecule is c1ccc(N(c2ccc(-c3cccc4c3sc3ccccc34)cc2)c2ccc3sc4ccccc4c3c2)cc1. The van der Waals surface area contributed by atoms with E-state index in [9.17, 15) is 0 Å². The van der Waals surface area contributed by atoms with Crippen LogP contribution in [0.5, 0.6) is 0 Å². The highest BCUT2D eigenvalue weighted by molar-refractivity contribution is 7.26. The van der Waals surface area contributed by atoms with Crippen LogP contribution in [0.4, 0.5) is 17.1 Å². The summed E-state index contributed by atoms with van der Waals surface area (Å²) in [6, 6.07) is 50.6. The van der Waals surface area contributed by atoms with Crippen molar-refractivity contribution in [1.82, 2.24) is 0 Å². The molecule has 0 unspecified atom stereocenters. The van der Waals surface area contributed by atoms with E-state index < -0.39 is 0 Å². The molecule has 0 aliphatic rings. The number of hydrogen-bond donors (Lipinski definition) is 0. The van der Waals surface area contributed by atoms with Crippen LogP contribution in [0.3, 0.4) is 0 Å². The van der Waals surface area contributed by atoms with Crippen molar-refractivity contribution in [3.05, 3.63) is 140 Å². The molecule has 0 saturated carbocycles. The Balaban J connectivity index is 1.26. The van der Waals surface area contributed by atoms with Gasteiger partial charge in [-0.15, -0.1) is 22.7 Å². The van der Waals surface area contributed by atoms with Crippen LogP contribution in [0.2, 0.25) is 0 Å². The molecule has 0 atom stereocenters. The minimum Gasteiger partial charge on any atom is -0.310 e. The summed E-state index contributed by atoms with van der Waals surface area (Å²) in [4.78, 5) is 2.36. The first-order chi connectivity index (χ1) is 19.3. The van der Waals surface area contributed by atoms with Gasteiger partial charge in [-0.3, -0.25) is 0 Å². The molecule has 0 radical (unpaired) electrons. The second-order valence-corrected chi connectivity index (χ2v) is 11.9. The minimum atomic E-state index is 1.15. The maximum Gasteiger partial charge on any atom is 0.0468 e. The molecule has 0 amide bonds. The van der Waals surface area contributed by atoms with Gasteiger partial charge in [0.15, 0.2) is 0 Å². The van der Waals surface area contributed by atoms with Crippen molar-refractivity contribution < 1.29 is 0 Å². The van der Waals surface area contributed by atoms with Crippen LogP contribution < -0.4 is 4.90 Å². The molecule has 0 aliphatic heterocycles. The highest BCUT2D eigenvalue weighted by Gasteiger charge is 2.16. The van der Waals surface area contributed by atoms with Crippen molar-refractivity contribution in [1.29, 1.82) is 0 Å². The van der Waals surface area contributed by atoms with Crippen LogP contribution in [0, 0.1) is 0 Å². The molecule has 8 aromatic rings. The van der Waals surface area contributed by atoms with Crippen molar-refractivity contribution in [2.75, 3.05) is 4.90 Å². The number of nitrogens with zero attached hydrogens (tertiary/aromatic N) is 1. The highest BCUT2D eigenvalue weighted by Crippen LogP contribution is 2.43. The molecule has 0 fully saturated rings. The lowest BCUT2D eigenvalue weighted by atomic mass is 10.0. The number of rotatable bonds is 4. The first kappa shape index (κ1) is 22.5. The molecule has 2 heterocycles. The van der Waals surface area contributed by atoms with E-state index in [1.54, 1.807) is 0 Å². The lowest BCUT2D eigenvalue weighted by Gasteiger charge is -2.26. The van der Waals surface area contributed by atoms with Gasteiger partial charge in [0.05, 0.1) is 0 Å². The molecule has 39 heavy (non-hydrogen) atoms. The summed E-state index contributed by atoms with van der Waals surface area (Å²) in [6.45, 7) is 0. The number of hydrogen-bond acceptors (Lipinski definition) is 3. The summed E-state index contributed by atoms with van der Waals surface area (Å²) in [5, 5.41) is 5.29. The fourth-order valence-electron chi connectivity index (χ4n) is 5.64. The normalized spacial score (nSPS) is 11.6. The van der Waals surface area contributed by atoms with E-state index in [2.05, 4.69) is 144 Å². The van der Waals surface area contributed by atoms with E-state index in [1.807, 2.05) is 22.7 Å². The van der Waals surface area contributed by atoms with Crippen molar-refractivity contribution in [2.24, 2.45) is 0 Å². The average Bonchev–Trinajstić information content (AvgIpc) is 3.57. The summed E-state index contributed by atoms with van der Waals surface area (Å²) in [6.07, 6.45) is 0. The summed E-state index contributed by atoms with van der Waals surface area (Å²) in [7, 11) is 0. The summed E-state index contributed by atoms with van der Waals surface area (Å²) >= 11 is 3.74. The Labute approximate surface area is 234 Å². The molecule has 0 bridgehead atoms. The molecule has 0 spiro atoms. The maximum absolute atomic E-state index is 2.36. The maximum atomic E-state index is 2.36. The van der Waals surface area contributed by atoms with Crippen LogP contribution in [0.25, 0.3) is 51.5 Å². The number of anilines is 3. The third kappa shape index (κ3) is 3.74. The average molecular weight is 534 g/mol. The molecule has 0 aliphatic carbocycles. The third-order valence-corrected chi connectivity index (χ3v) is 9.85. The number of para-hydroxylation sites is 1. The minimum absolute atomic E-state index is 1.15. The summed E-state index contributed by atoms with van der Waals surface area (Å²) in [5.74, 6) is 0. The Bertz CT molecular complexity index is 2120. The fraction of sp³-hybridized carbons (Fsp3) is 0. The van der Waals surface area contributed by atoms with E-state index in [0.717, 1.165) is 17.1 Å². The fourth-order valence-corrected chi connectivity index (χ4v) is 7.97. The van der Waals surface area contributed by atoms with Gasteiger partial charge in [0, 0.05) is 57.4 Å². The Morgan fingerprint density at radius 2 is 0.974 bits per heavy atom. The lowest BCUT2D eigenvalue weighted by molar-refractivity contribution is 1.29. The van der Waals surface area contributed by atoms with Gasteiger partial charge < -0.3 is 4.90 Å².